The lowest BCUT2D eigenvalue weighted by Gasteiger charge is -2.13. The molecule has 0 aliphatic heterocycles. The van der Waals surface area contributed by atoms with Gasteiger partial charge in [0.1, 0.15) is 11.6 Å². The maximum atomic E-state index is 5.44. The molecule has 0 saturated heterocycles. The molecule has 0 unspecified atom stereocenters. The average Bonchev–Trinajstić information content (AvgIpc) is 3.17. The molecule has 6 heteroatoms. The quantitative estimate of drug-likeness (QED) is 0.571. The van der Waals surface area contributed by atoms with E-state index in [9.17, 15) is 0 Å². The van der Waals surface area contributed by atoms with E-state index >= 15 is 0 Å². The second kappa shape index (κ2) is 8.95. The Balaban J connectivity index is 1.90. The van der Waals surface area contributed by atoms with Gasteiger partial charge in [0.2, 0.25) is 0 Å². The highest BCUT2D eigenvalue weighted by molar-refractivity contribution is 5.92. The molecule has 0 aliphatic carbocycles. The summed E-state index contributed by atoms with van der Waals surface area (Å²) >= 11 is 0. The van der Waals surface area contributed by atoms with E-state index in [1.165, 1.54) is 6.39 Å². The summed E-state index contributed by atoms with van der Waals surface area (Å²) in [5.41, 5.74) is 1.94. The zero-order valence-corrected chi connectivity index (χ0v) is 16.7. The Morgan fingerprint density at radius 2 is 2.04 bits per heavy atom. The van der Waals surface area contributed by atoms with E-state index in [1.807, 2.05) is 12.1 Å². The molecular formula is C21H29N5O. The average molecular weight is 367 g/mol. The number of oxazole rings is 1. The number of hydrogen-bond acceptors (Lipinski definition) is 6. The Labute approximate surface area is 161 Å². The molecule has 27 heavy (non-hydrogen) atoms. The van der Waals surface area contributed by atoms with Crippen molar-refractivity contribution in [2.45, 2.75) is 33.1 Å². The number of nitrogens with zero attached hydrogens (tertiary/aromatic N) is 4. The van der Waals surface area contributed by atoms with E-state index < -0.39 is 0 Å². The zero-order valence-electron chi connectivity index (χ0n) is 16.7. The molecule has 0 radical (unpaired) electrons. The van der Waals surface area contributed by atoms with E-state index in [-0.39, 0.29) is 0 Å². The van der Waals surface area contributed by atoms with Crippen LogP contribution >= 0.6 is 0 Å². The SMILES string of the molecule is CC(C)CCc1nc(NCCCN(C)C)c2cc(-c3cnco3)ccc2n1. The summed E-state index contributed by atoms with van der Waals surface area (Å²) in [5, 5.41) is 4.54. The van der Waals surface area contributed by atoms with Crippen LogP contribution in [0.25, 0.3) is 22.2 Å². The summed E-state index contributed by atoms with van der Waals surface area (Å²) < 4.78 is 5.44. The summed E-state index contributed by atoms with van der Waals surface area (Å²) in [4.78, 5) is 15.8. The Bertz CT molecular complexity index is 858. The number of rotatable bonds is 9. The maximum Gasteiger partial charge on any atom is 0.181 e. The number of anilines is 1. The van der Waals surface area contributed by atoms with E-state index in [0.717, 1.165) is 66.2 Å². The van der Waals surface area contributed by atoms with Crippen molar-refractivity contribution in [3.05, 3.63) is 36.6 Å². The van der Waals surface area contributed by atoms with Crippen molar-refractivity contribution >= 4 is 16.7 Å². The van der Waals surface area contributed by atoms with Crippen LogP contribution in [0, 0.1) is 5.92 Å². The summed E-state index contributed by atoms with van der Waals surface area (Å²) in [6, 6.07) is 6.15. The second-order valence-electron chi connectivity index (χ2n) is 7.60. The van der Waals surface area contributed by atoms with E-state index in [2.05, 4.69) is 49.2 Å². The molecular weight excluding hydrogens is 338 g/mol. The first-order valence-electron chi connectivity index (χ1n) is 9.61. The van der Waals surface area contributed by atoms with Gasteiger partial charge in [-0.05, 0) is 57.6 Å². The van der Waals surface area contributed by atoms with Crippen molar-refractivity contribution in [1.29, 1.82) is 0 Å². The highest BCUT2D eigenvalue weighted by Gasteiger charge is 2.11. The van der Waals surface area contributed by atoms with E-state index in [1.54, 1.807) is 6.20 Å². The van der Waals surface area contributed by atoms with Gasteiger partial charge in [-0.25, -0.2) is 15.0 Å². The molecule has 0 amide bonds. The first-order valence-corrected chi connectivity index (χ1v) is 9.61. The number of fused-ring (bicyclic) bond motifs is 1. The van der Waals surface area contributed by atoms with Crippen molar-refractivity contribution < 1.29 is 4.42 Å². The van der Waals surface area contributed by atoms with Crippen molar-refractivity contribution in [1.82, 2.24) is 19.9 Å². The fraction of sp³-hybridized carbons (Fsp3) is 0.476. The molecule has 3 aromatic rings. The van der Waals surface area contributed by atoms with Crippen LogP contribution in [0.15, 0.2) is 35.2 Å². The van der Waals surface area contributed by atoms with Crippen LogP contribution < -0.4 is 5.32 Å². The number of benzene rings is 1. The second-order valence-corrected chi connectivity index (χ2v) is 7.60. The lowest BCUT2D eigenvalue weighted by atomic mass is 10.1. The molecule has 1 aromatic carbocycles. The van der Waals surface area contributed by atoms with Gasteiger partial charge in [0.15, 0.2) is 12.2 Å². The summed E-state index contributed by atoms with van der Waals surface area (Å²) in [7, 11) is 4.18. The zero-order chi connectivity index (χ0) is 19.2. The van der Waals surface area contributed by atoms with E-state index in [4.69, 9.17) is 14.4 Å². The lowest BCUT2D eigenvalue weighted by molar-refractivity contribution is 0.405. The van der Waals surface area contributed by atoms with Crippen LogP contribution in [0.4, 0.5) is 5.82 Å². The molecule has 2 aromatic heterocycles. The molecule has 6 nitrogen and oxygen atoms in total. The normalized spacial score (nSPS) is 11.6. The molecule has 0 aliphatic rings. The minimum Gasteiger partial charge on any atom is -0.444 e. The third-order valence-electron chi connectivity index (χ3n) is 4.48. The molecule has 3 rings (SSSR count). The minimum atomic E-state index is 0.634. The third kappa shape index (κ3) is 5.26. The highest BCUT2D eigenvalue weighted by Crippen LogP contribution is 2.27. The third-order valence-corrected chi connectivity index (χ3v) is 4.48. The van der Waals surface area contributed by atoms with Gasteiger partial charge in [0.25, 0.3) is 0 Å². The van der Waals surface area contributed by atoms with Crippen LogP contribution in [0.3, 0.4) is 0 Å². The Morgan fingerprint density at radius 1 is 1.19 bits per heavy atom. The van der Waals surface area contributed by atoms with Crippen molar-refractivity contribution in [3.63, 3.8) is 0 Å². The summed E-state index contributed by atoms with van der Waals surface area (Å²) in [6.07, 6.45) is 6.21. The van der Waals surface area contributed by atoms with Crippen molar-refractivity contribution in [2.24, 2.45) is 5.92 Å². The topological polar surface area (TPSA) is 67.1 Å². The highest BCUT2D eigenvalue weighted by atomic mass is 16.3. The number of aromatic nitrogens is 3. The van der Waals surface area contributed by atoms with Crippen molar-refractivity contribution in [2.75, 3.05) is 32.5 Å². The predicted octanol–water partition coefficient (Wildman–Crippen LogP) is 4.24. The smallest absolute Gasteiger partial charge is 0.181 e. The van der Waals surface area contributed by atoms with Gasteiger partial charge in [0, 0.05) is 23.9 Å². The largest absolute Gasteiger partial charge is 0.444 e. The first-order chi connectivity index (χ1) is 13.0. The van der Waals surface area contributed by atoms with Crippen molar-refractivity contribution in [3.8, 4) is 11.3 Å². The van der Waals surface area contributed by atoms with Gasteiger partial charge in [-0.15, -0.1) is 0 Å². The maximum absolute atomic E-state index is 5.44. The lowest BCUT2D eigenvalue weighted by Crippen LogP contribution is -2.17. The minimum absolute atomic E-state index is 0.634. The fourth-order valence-electron chi connectivity index (χ4n) is 2.95. The molecule has 2 heterocycles. The molecule has 0 bridgehead atoms. The summed E-state index contributed by atoms with van der Waals surface area (Å²) in [5.74, 6) is 3.19. The monoisotopic (exact) mass is 367 g/mol. The Hall–Kier alpha value is -2.47. The van der Waals surface area contributed by atoms with Crippen LogP contribution in [0.1, 0.15) is 32.5 Å². The Morgan fingerprint density at radius 3 is 2.74 bits per heavy atom. The standard InChI is InChI=1S/C21H29N5O/c1-15(2)6-9-20-24-18-8-7-16(19-13-22-14-27-19)12-17(18)21(25-20)23-10-5-11-26(3)4/h7-8,12-15H,5-6,9-11H2,1-4H3,(H,23,24,25). The van der Waals surface area contributed by atoms with Crippen LogP contribution in [0.5, 0.6) is 0 Å². The molecule has 0 fully saturated rings. The number of hydrogen-bond donors (Lipinski definition) is 1. The van der Waals surface area contributed by atoms with Gasteiger partial charge in [-0.1, -0.05) is 13.8 Å². The van der Waals surface area contributed by atoms with Gasteiger partial charge >= 0.3 is 0 Å². The predicted molar refractivity (Wildman–Crippen MR) is 110 cm³/mol. The number of aryl methyl sites for hydroxylation is 1. The number of nitrogens with one attached hydrogen (secondary N) is 1. The molecule has 1 N–H and O–H groups in total. The Kier molecular flexibility index (Phi) is 6.40. The van der Waals surface area contributed by atoms with Gasteiger partial charge in [0.05, 0.1) is 11.7 Å². The first kappa shape index (κ1) is 19.3. The fourth-order valence-corrected chi connectivity index (χ4v) is 2.95. The van der Waals surface area contributed by atoms with Crippen LogP contribution in [0.2, 0.25) is 0 Å². The van der Waals surface area contributed by atoms with Gasteiger partial charge in [-0.2, -0.15) is 0 Å². The van der Waals surface area contributed by atoms with E-state index in [0.29, 0.717) is 5.92 Å². The summed E-state index contributed by atoms with van der Waals surface area (Å²) in [6.45, 7) is 6.37. The van der Waals surface area contributed by atoms with Crippen LogP contribution in [-0.4, -0.2) is 47.0 Å². The van der Waals surface area contributed by atoms with Gasteiger partial charge < -0.3 is 14.6 Å². The molecule has 0 spiro atoms. The van der Waals surface area contributed by atoms with Crippen LogP contribution in [-0.2, 0) is 6.42 Å². The molecule has 0 atom stereocenters. The molecule has 0 saturated carbocycles. The molecule has 144 valence electrons. The van der Waals surface area contributed by atoms with Gasteiger partial charge in [-0.3, -0.25) is 0 Å².